The van der Waals surface area contributed by atoms with Crippen molar-refractivity contribution in [3.63, 3.8) is 0 Å². The van der Waals surface area contributed by atoms with E-state index >= 15 is 0 Å². The van der Waals surface area contributed by atoms with Crippen molar-refractivity contribution in [2.45, 2.75) is 66.9 Å². The van der Waals surface area contributed by atoms with Gasteiger partial charge >= 0.3 is 0 Å². The van der Waals surface area contributed by atoms with Crippen molar-refractivity contribution < 1.29 is 24.2 Å². The van der Waals surface area contributed by atoms with Crippen LogP contribution in [0.25, 0.3) is 0 Å². The number of nitrogens with one attached hydrogen (secondary N) is 2. The molecule has 36 heavy (non-hydrogen) atoms. The number of ether oxygens (including phenoxy) is 1. The van der Waals surface area contributed by atoms with Gasteiger partial charge in [0, 0.05) is 22.3 Å². The molecule has 3 aliphatic rings. The van der Waals surface area contributed by atoms with Gasteiger partial charge in [0.15, 0.2) is 0 Å². The fourth-order valence-electron chi connectivity index (χ4n) is 6.09. The Hall–Kier alpha value is -1.78. The number of carbonyl (C=O) groups is 3. The maximum atomic E-state index is 14.1. The number of carbonyl (C=O) groups excluding carboxylic acids is 3. The lowest BCUT2D eigenvalue weighted by Gasteiger charge is -2.39. The van der Waals surface area contributed by atoms with Gasteiger partial charge in [-0.15, -0.1) is 11.8 Å². The summed E-state index contributed by atoms with van der Waals surface area (Å²) >= 11 is 5.38. The van der Waals surface area contributed by atoms with Crippen molar-refractivity contribution in [3.8, 4) is 5.75 Å². The molecule has 1 spiro atoms. The van der Waals surface area contributed by atoms with Crippen molar-refractivity contribution >= 4 is 51.1 Å². The van der Waals surface area contributed by atoms with Crippen LogP contribution in [0, 0.1) is 17.8 Å². The zero-order chi connectivity index (χ0) is 26.2. The Morgan fingerprint density at radius 3 is 2.56 bits per heavy atom. The van der Waals surface area contributed by atoms with Crippen LogP contribution in [0.2, 0.25) is 0 Å². The van der Waals surface area contributed by atoms with Crippen LogP contribution < -0.4 is 15.4 Å². The van der Waals surface area contributed by atoms with Gasteiger partial charge in [-0.3, -0.25) is 14.4 Å². The highest BCUT2D eigenvalue weighted by Gasteiger charge is 2.76. The third-order valence-electron chi connectivity index (χ3n) is 8.03. The summed E-state index contributed by atoms with van der Waals surface area (Å²) in [6.45, 7) is 6.29. The van der Waals surface area contributed by atoms with Gasteiger partial charge in [0.2, 0.25) is 17.7 Å². The first kappa shape index (κ1) is 27.3. The minimum atomic E-state index is -0.803. The summed E-state index contributed by atoms with van der Waals surface area (Å²) in [6, 6.07) is 5.74. The van der Waals surface area contributed by atoms with Crippen LogP contribution >= 0.6 is 27.7 Å². The number of hydrogen-bond acceptors (Lipinski definition) is 6. The second-order valence-corrected chi connectivity index (χ2v) is 12.8. The Kier molecular flexibility index (Phi) is 8.26. The molecule has 3 aliphatic heterocycles. The van der Waals surface area contributed by atoms with Crippen LogP contribution in [0.4, 0.5) is 5.69 Å². The highest BCUT2D eigenvalue weighted by Crippen LogP contribution is 2.68. The number of halogens is 1. The number of rotatable bonds is 10. The molecule has 0 aliphatic carbocycles. The van der Waals surface area contributed by atoms with Crippen molar-refractivity contribution in [2.24, 2.45) is 17.8 Å². The van der Waals surface area contributed by atoms with Crippen LogP contribution in [-0.2, 0) is 14.4 Å². The first-order valence-corrected chi connectivity index (χ1v) is 14.5. The van der Waals surface area contributed by atoms with E-state index in [4.69, 9.17) is 4.74 Å². The molecule has 4 rings (SSSR count). The van der Waals surface area contributed by atoms with Crippen LogP contribution in [0.1, 0.15) is 40.0 Å². The second kappa shape index (κ2) is 10.9. The number of fused-ring (bicyclic) bond motifs is 1. The lowest BCUT2D eigenvalue weighted by atomic mass is 9.70. The molecule has 8 atom stereocenters. The molecule has 3 saturated heterocycles. The van der Waals surface area contributed by atoms with Gasteiger partial charge in [0.25, 0.3) is 0 Å². The largest absolute Gasteiger partial charge is 0.497 e. The monoisotopic (exact) mass is 581 g/mol. The van der Waals surface area contributed by atoms with E-state index in [9.17, 15) is 19.5 Å². The molecule has 3 amide bonds. The molecule has 3 fully saturated rings. The molecular weight excluding hydrogens is 546 g/mol. The van der Waals surface area contributed by atoms with E-state index in [-0.39, 0.29) is 40.3 Å². The van der Waals surface area contributed by atoms with Crippen molar-refractivity contribution in [1.82, 2.24) is 10.2 Å². The Bertz CT molecular complexity index is 994. The maximum absolute atomic E-state index is 14.1. The molecule has 3 unspecified atom stereocenters. The average molecular weight is 583 g/mol. The smallest absolute Gasteiger partial charge is 0.248 e. The van der Waals surface area contributed by atoms with E-state index in [0.717, 1.165) is 12.8 Å². The average Bonchev–Trinajstić information content (AvgIpc) is 3.47. The fraction of sp³-hybridized carbons (Fsp3) is 0.654. The molecule has 198 valence electrons. The van der Waals surface area contributed by atoms with E-state index in [1.165, 1.54) is 0 Å². The number of methoxy groups -OCH3 is 1. The number of anilines is 1. The predicted molar refractivity (Wildman–Crippen MR) is 144 cm³/mol. The summed E-state index contributed by atoms with van der Waals surface area (Å²) in [4.78, 5) is 43.1. The third-order valence-corrected chi connectivity index (χ3v) is 11.2. The van der Waals surface area contributed by atoms with Crippen molar-refractivity contribution in [1.29, 1.82) is 0 Å². The predicted octanol–water partition coefficient (Wildman–Crippen LogP) is 3.03. The summed E-state index contributed by atoms with van der Waals surface area (Å²) in [6.07, 6.45) is 2.15. The quantitative estimate of drug-likeness (QED) is 0.366. The molecule has 3 N–H and O–H groups in total. The normalized spacial score (nSPS) is 32.2. The second-order valence-electron chi connectivity index (χ2n) is 10.1. The minimum absolute atomic E-state index is 0.0105. The standard InChI is InChI=1S/C26H36BrN3O5S/c1-5-11-28-23(32)19-20-25(34)30(18(13-31)14(3)6-2)22(26(20)12-17(27)21(19)36-26)24(33)29-15-7-9-16(35-4)10-8-15/h7-10,14,17-22,31H,5-6,11-13H2,1-4H3,(H,28,32)(H,29,33)/t14-,17?,18-,19+,20-,21+,22?,26?/m0/s1. The number of amides is 3. The molecule has 8 nitrogen and oxygen atoms in total. The van der Waals surface area contributed by atoms with E-state index in [1.54, 1.807) is 48.0 Å². The molecule has 0 aromatic heterocycles. The van der Waals surface area contributed by atoms with Crippen LogP contribution in [0.5, 0.6) is 5.75 Å². The third kappa shape index (κ3) is 4.43. The summed E-state index contributed by atoms with van der Waals surface area (Å²) in [7, 11) is 1.58. The number of aliphatic hydroxyl groups excluding tert-OH is 1. The molecule has 1 aromatic carbocycles. The molecule has 2 bridgehead atoms. The Labute approximate surface area is 225 Å². The van der Waals surface area contributed by atoms with Gasteiger partial charge in [0.1, 0.15) is 11.8 Å². The summed E-state index contributed by atoms with van der Waals surface area (Å²) in [5.41, 5.74) is 0.599. The zero-order valence-electron chi connectivity index (χ0n) is 21.2. The first-order valence-electron chi connectivity index (χ1n) is 12.7. The topological polar surface area (TPSA) is 108 Å². The highest BCUT2D eigenvalue weighted by molar-refractivity contribution is 9.09. The molecule has 1 aromatic rings. The number of aliphatic hydroxyl groups is 1. The fourth-order valence-corrected chi connectivity index (χ4v) is 9.69. The maximum Gasteiger partial charge on any atom is 0.248 e. The Balaban J connectivity index is 1.75. The highest BCUT2D eigenvalue weighted by atomic mass is 79.9. The number of alkyl halides is 1. The lowest BCUT2D eigenvalue weighted by molar-refractivity contribution is -0.143. The zero-order valence-corrected chi connectivity index (χ0v) is 23.6. The molecule has 0 saturated carbocycles. The molecular formula is C26H36BrN3O5S. The molecule has 10 heteroatoms. The van der Waals surface area contributed by atoms with Gasteiger partial charge < -0.3 is 25.4 Å². The van der Waals surface area contributed by atoms with E-state index in [2.05, 4.69) is 26.6 Å². The van der Waals surface area contributed by atoms with E-state index in [1.807, 2.05) is 20.8 Å². The summed E-state index contributed by atoms with van der Waals surface area (Å²) < 4.78 is 4.47. The van der Waals surface area contributed by atoms with Gasteiger partial charge in [-0.1, -0.05) is 43.1 Å². The number of thioether (sulfide) groups is 1. The minimum Gasteiger partial charge on any atom is -0.497 e. The number of benzene rings is 1. The first-order chi connectivity index (χ1) is 17.2. The number of hydrogen-bond donors (Lipinski definition) is 3. The summed E-state index contributed by atoms with van der Waals surface area (Å²) in [5.74, 6) is -1.09. The lowest BCUT2D eigenvalue weighted by Crippen LogP contribution is -2.56. The van der Waals surface area contributed by atoms with Crippen molar-refractivity contribution in [3.05, 3.63) is 24.3 Å². The van der Waals surface area contributed by atoms with Crippen LogP contribution in [0.3, 0.4) is 0 Å². The van der Waals surface area contributed by atoms with Gasteiger partial charge in [-0.25, -0.2) is 0 Å². The van der Waals surface area contributed by atoms with Gasteiger partial charge in [-0.2, -0.15) is 0 Å². The number of nitrogens with zero attached hydrogens (tertiary/aromatic N) is 1. The number of likely N-dealkylation sites (tertiary alicyclic amines) is 1. The van der Waals surface area contributed by atoms with Gasteiger partial charge in [-0.05, 0) is 43.0 Å². The van der Waals surface area contributed by atoms with Crippen LogP contribution in [0.15, 0.2) is 24.3 Å². The van der Waals surface area contributed by atoms with E-state index < -0.39 is 28.7 Å². The van der Waals surface area contributed by atoms with E-state index in [0.29, 0.717) is 24.4 Å². The Morgan fingerprint density at radius 1 is 1.28 bits per heavy atom. The van der Waals surface area contributed by atoms with Crippen LogP contribution in [-0.4, -0.2) is 74.9 Å². The summed E-state index contributed by atoms with van der Waals surface area (Å²) in [5, 5.41) is 16.3. The van der Waals surface area contributed by atoms with Gasteiger partial charge in [0.05, 0.1) is 36.3 Å². The SMILES string of the molecule is CCCNC(=O)[C@H]1[C@@H]2SC3(CC2Br)C(C(=O)Nc2ccc(OC)cc2)N([C@@H](CO)[C@@H](C)CC)C(=O)[C@H]13. The Morgan fingerprint density at radius 2 is 1.97 bits per heavy atom. The van der Waals surface area contributed by atoms with Crippen molar-refractivity contribution in [2.75, 3.05) is 25.6 Å². The molecule has 0 radical (unpaired) electrons. The molecule has 3 heterocycles.